The van der Waals surface area contributed by atoms with Gasteiger partial charge in [-0.3, -0.25) is 0 Å². The van der Waals surface area contributed by atoms with Crippen molar-refractivity contribution in [3.8, 4) is 5.75 Å². The summed E-state index contributed by atoms with van der Waals surface area (Å²) in [5, 5.41) is 15.0. The molecule has 0 aliphatic carbocycles. The molecular weight excluding hydrogens is 240 g/mol. The molecule has 0 radical (unpaired) electrons. The minimum absolute atomic E-state index is 0.324. The SMILES string of the molecule is COc1cccc2[nH]cc(C(O)C3CCNCC3)c12. The Labute approximate surface area is 112 Å². The molecule has 102 valence electrons. The first-order valence-corrected chi connectivity index (χ1v) is 6.84. The number of ether oxygens (including phenoxy) is 1. The topological polar surface area (TPSA) is 57.3 Å². The van der Waals surface area contributed by atoms with Gasteiger partial charge in [0.25, 0.3) is 0 Å². The lowest BCUT2D eigenvalue weighted by atomic mass is 9.88. The molecule has 1 aromatic carbocycles. The summed E-state index contributed by atoms with van der Waals surface area (Å²) in [6.45, 7) is 1.97. The third-order valence-electron chi connectivity index (χ3n) is 4.07. The second-order valence-corrected chi connectivity index (χ2v) is 5.16. The monoisotopic (exact) mass is 260 g/mol. The van der Waals surface area contributed by atoms with E-state index in [9.17, 15) is 5.11 Å². The van der Waals surface area contributed by atoms with Crippen LogP contribution in [-0.2, 0) is 0 Å². The average Bonchev–Trinajstić information content (AvgIpc) is 2.91. The minimum atomic E-state index is -0.424. The Morgan fingerprint density at radius 2 is 2.11 bits per heavy atom. The summed E-state index contributed by atoms with van der Waals surface area (Å²) in [7, 11) is 1.67. The molecule has 3 rings (SSSR count). The number of aromatic amines is 1. The highest BCUT2D eigenvalue weighted by Gasteiger charge is 2.26. The first-order valence-electron chi connectivity index (χ1n) is 6.84. The highest BCUT2D eigenvalue weighted by molar-refractivity contribution is 5.89. The maximum absolute atomic E-state index is 10.6. The molecule has 0 bridgehead atoms. The van der Waals surface area contributed by atoms with Gasteiger partial charge in [-0.25, -0.2) is 0 Å². The molecule has 4 nitrogen and oxygen atoms in total. The average molecular weight is 260 g/mol. The van der Waals surface area contributed by atoms with Gasteiger partial charge in [0.15, 0.2) is 0 Å². The molecule has 4 heteroatoms. The van der Waals surface area contributed by atoms with Crippen LogP contribution in [0.15, 0.2) is 24.4 Å². The number of methoxy groups -OCH3 is 1. The predicted octanol–water partition coefficient (Wildman–Crippen LogP) is 2.21. The summed E-state index contributed by atoms with van der Waals surface area (Å²) in [5.74, 6) is 1.15. The van der Waals surface area contributed by atoms with Crippen molar-refractivity contribution in [3.05, 3.63) is 30.0 Å². The highest BCUT2D eigenvalue weighted by Crippen LogP contribution is 2.37. The second kappa shape index (κ2) is 5.23. The Morgan fingerprint density at radius 3 is 2.84 bits per heavy atom. The molecule has 1 aliphatic rings. The lowest BCUT2D eigenvalue weighted by Crippen LogP contribution is -2.30. The van der Waals surface area contributed by atoms with E-state index in [1.807, 2.05) is 24.4 Å². The summed E-state index contributed by atoms with van der Waals surface area (Å²) in [4.78, 5) is 3.23. The van der Waals surface area contributed by atoms with E-state index in [0.717, 1.165) is 48.1 Å². The lowest BCUT2D eigenvalue weighted by Gasteiger charge is -2.27. The van der Waals surface area contributed by atoms with Gasteiger partial charge in [-0.15, -0.1) is 0 Å². The summed E-state index contributed by atoms with van der Waals surface area (Å²) >= 11 is 0. The highest BCUT2D eigenvalue weighted by atomic mass is 16.5. The van der Waals surface area contributed by atoms with E-state index in [1.165, 1.54) is 0 Å². The molecule has 2 heterocycles. The van der Waals surface area contributed by atoms with Crippen molar-refractivity contribution in [2.75, 3.05) is 20.2 Å². The van der Waals surface area contributed by atoms with Crippen molar-refractivity contribution in [3.63, 3.8) is 0 Å². The number of benzene rings is 1. The normalized spacial score (nSPS) is 18.6. The Bertz CT molecular complexity index is 558. The molecule has 0 saturated carbocycles. The third kappa shape index (κ3) is 2.22. The van der Waals surface area contributed by atoms with Gasteiger partial charge < -0.3 is 20.1 Å². The Balaban J connectivity index is 1.99. The van der Waals surface area contributed by atoms with Crippen LogP contribution in [0.25, 0.3) is 10.9 Å². The first kappa shape index (κ1) is 12.5. The molecule has 19 heavy (non-hydrogen) atoms. The van der Waals surface area contributed by atoms with Gasteiger partial charge in [0.2, 0.25) is 0 Å². The van der Waals surface area contributed by atoms with Gasteiger partial charge in [-0.1, -0.05) is 6.07 Å². The Kier molecular flexibility index (Phi) is 3.44. The third-order valence-corrected chi connectivity index (χ3v) is 4.07. The zero-order valence-electron chi connectivity index (χ0n) is 11.1. The van der Waals surface area contributed by atoms with Crippen molar-refractivity contribution in [2.45, 2.75) is 18.9 Å². The number of H-pyrrole nitrogens is 1. The summed E-state index contributed by atoms with van der Waals surface area (Å²) in [5.41, 5.74) is 1.97. The van der Waals surface area contributed by atoms with Crippen LogP contribution >= 0.6 is 0 Å². The first-order chi connectivity index (χ1) is 9.31. The summed E-state index contributed by atoms with van der Waals surface area (Å²) < 4.78 is 5.42. The summed E-state index contributed by atoms with van der Waals surface area (Å²) in [6.07, 6.45) is 3.53. The quantitative estimate of drug-likeness (QED) is 0.793. The molecule has 2 aromatic rings. The maximum atomic E-state index is 10.6. The van der Waals surface area contributed by atoms with E-state index in [4.69, 9.17) is 4.74 Å². The number of aliphatic hydroxyl groups excluding tert-OH is 1. The lowest BCUT2D eigenvalue weighted by molar-refractivity contribution is 0.0901. The minimum Gasteiger partial charge on any atom is -0.496 e. The zero-order chi connectivity index (χ0) is 13.2. The van der Waals surface area contributed by atoms with E-state index in [2.05, 4.69) is 10.3 Å². The van der Waals surface area contributed by atoms with Crippen molar-refractivity contribution < 1.29 is 9.84 Å². The standard InChI is InChI=1S/C15H20N2O2/c1-19-13-4-2-3-12-14(13)11(9-17-12)15(18)10-5-7-16-8-6-10/h2-4,9-10,15-18H,5-8H2,1H3. The largest absolute Gasteiger partial charge is 0.496 e. The van der Waals surface area contributed by atoms with Gasteiger partial charge in [0.05, 0.1) is 13.2 Å². The van der Waals surface area contributed by atoms with Crippen LogP contribution in [0.4, 0.5) is 0 Å². The number of hydrogen-bond donors (Lipinski definition) is 3. The van der Waals surface area contributed by atoms with Crippen molar-refractivity contribution in [2.24, 2.45) is 5.92 Å². The molecule has 0 spiro atoms. The van der Waals surface area contributed by atoms with Gasteiger partial charge in [-0.2, -0.15) is 0 Å². The molecule has 1 saturated heterocycles. The second-order valence-electron chi connectivity index (χ2n) is 5.16. The smallest absolute Gasteiger partial charge is 0.128 e. The van der Waals surface area contributed by atoms with Gasteiger partial charge in [0, 0.05) is 22.7 Å². The molecule has 1 atom stereocenters. The molecular formula is C15H20N2O2. The Hall–Kier alpha value is -1.52. The fourth-order valence-electron chi connectivity index (χ4n) is 2.99. The number of fused-ring (bicyclic) bond motifs is 1. The van der Waals surface area contributed by atoms with Gasteiger partial charge >= 0.3 is 0 Å². The van der Waals surface area contributed by atoms with Crippen LogP contribution in [0.1, 0.15) is 24.5 Å². The van der Waals surface area contributed by atoms with Crippen molar-refractivity contribution in [1.82, 2.24) is 10.3 Å². The number of hydrogen-bond acceptors (Lipinski definition) is 3. The van der Waals surface area contributed by atoms with Crippen molar-refractivity contribution >= 4 is 10.9 Å². The van der Waals surface area contributed by atoms with Crippen LogP contribution in [0.5, 0.6) is 5.75 Å². The van der Waals surface area contributed by atoms with Crippen molar-refractivity contribution in [1.29, 1.82) is 0 Å². The fraction of sp³-hybridized carbons (Fsp3) is 0.467. The van der Waals surface area contributed by atoms with Crippen LogP contribution in [0.2, 0.25) is 0 Å². The van der Waals surface area contributed by atoms with Crippen LogP contribution in [-0.4, -0.2) is 30.3 Å². The molecule has 1 fully saturated rings. The molecule has 3 N–H and O–H groups in total. The van der Waals surface area contributed by atoms with E-state index in [1.54, 1.807) is 7.11 Å². The van der Waals surface area contributed by atoms with E-state index in [-0.39, 0.29) is 0 Å². The Morgan fingerprint density at radius 1 is 1.32 bits per heavy atom. The predicted molar refractivity (Wildman–Crippen MR) is 75.4 cm³/mol. The molecule has 0 amide bonds. The van der Waals surface area contributed by atoms with Crippen LogP contribution in [0.3, 0.4) is 0 Å². The van der Waals surface area contributed by atoms with Gasteiger partial charge in [0.1, 0.15) is 5.75 Å². The molecule has 1 aromatic heterocycles. The van der Waals surface area contributed by atoms with E-state index >= 15 is 0 Å². The van der Waals surface area contributed by atoms with Crippen LogP contribution in [0, 0.1) is 5.92 Å². The van der Waals surface area contributed by atoms with E-state index in [0.29, 0.717) is 5.92 Å². The number of nitrogens with one attached hydrogen (secondary N) is 2. The number of piperidine rings is 1. The number of rotatable bonds is 3. The molecule has 1 aliphatic heterocycles. The molecule has 1 unspecified atom stereocenters. The number of aliphatic hydroxyl groups is 1. The number of aromatic nitrogens is 1. The summed E-state index contributed by atoms with van der Waals surface area (Å²) in [6, 6.07) is 5.91. The van der Waals surface area contributed by atoms with Gasteiger partial charge in [-0.05, 0) is 44.0 Å². The van der Waals surface area contributed by atoms with E-state index < -0.39 is 6.10 Å². The maximum Gasteiger partial charge on any atom is 0.128 e. The zero-order valence-corrected chi connectivity index (χ0v) is 11.1. The van der Waals surface area contributed by atoms with Crippen LogP contribution < -0.4 is 10.1 Å². The fourth-order valence-corrected chi connectivity index (χ4v) is 2.99.